The quantitative estimate of drug-likeness (QED) is 0.638. The molecule has 2 nitrogen and oxygen atoms in total. The Kier molecular flexibility index (Phi) is 4.01. The maximum absolute atomic E-state index is 5.27. The van der Waals surface area contributed by atoms with Gasteiger partial charge in [0.05, 0.1) is 7.11 Å². The third kappa shape index (κ3) is 2.64. The molecule has 0 aliphatic carbocycles. The molecule has 0 N–H and O–H groups in total. The van der Waals surface area contributed by atoms with Crippen molar-refractivity contribution in [3.05, 3.63) is 66.7 Å². The minimum Gasteiger partial charge on any atom is -0.497 e. The lowest BCUT2D eigenvalue weighted by atomic mass is 10.1. The predicted molar refractivity (Wildman–Crippen MR) is 94.2 cm³/mol. The zero-order valence-electron chi connectivity index (χ0n) is 13.3. The molecule has 0 bridgehead atoms. The Morgan fingerprint density at radius 3 is 2.18 bits per heavy atom. The van der Waals surface area contributed by atoms with Gasteiger partial charge in [-0.2, -0.15) is 0 Å². The summed E-state index contributed by atoms with van der Waals surface area (Å²) >= 11 is 0. The van der Waals surface area contributed by atoms with Gasteiger partial charge in [0.2, 0.25) is 0 Å². The van der Waals surface area contributed by atoms with E-state index in [-0.39, 0.29) is 0 Å². The number of anilines is 2. The van der Waals surface area contributed by atoms with Crippen LogP contribution in [-0.4, -0.2) is 13.2 Å². The van der Waals surface area contributed by atoms with E-state index in [4.69, 9.17) is 4.74 Å². The number of benzene rings is 3. The topological polar surface area (TPSA) is 12.5 Å². The molecule has 3 rings (SSSR count). The minimum atomic E-state index is 0.360. The number of methoxy groups -OCH3 is 1. The molecule has 22 heavy (non-hydrogen) atoms. The monoisotopic (exact) mass is 291 g/mol. The summed E-state index contributed by atoms with van der Waals surface area (Å²) in [6, 6.07) is 23.6. The summed E-state index contributed by atoms with van der Waals surface area (Å²) in [6.45, 7) is 4.43. The molecule has 0 aliphatic rings. The van der Waals surface area contributed by atoms with E-state index in [9.17, 15) is 0 Å². The van der Waals surface area contributed by atoms with Gasteiger partial charge in [-0.25, -0.2) is 0 Å². The molecule has 0 unspecified atom stereocenters. The highest BCUT2D eigenvalue weighted by atomic mass is 16.5. The first kappa shape index (κ1) is 14.5. The molecule has 0 radical (unpaired) electrons. The lowest BCUT2D eigenvalue weighted by molar-refractivity contribution is 0.415. The summed E-state index contributed by atoms with van der Waals surface area (Å²) in [4.78, 5) is 2.36. The van der Waals surface area contributed by atoms with Crippen LogP contribution >= 0.6 is 0 Å². The number of fused-ring (bicyclic) bond motifs is 1. The van der Waals surface area contributed by atoms with E-state index in [1.165, 1.54) is 22.1 Å². The van der Waals surface area contributed by atoms with Crippen LogP contribution in [0.5, 0.6) is 5.75 Å². The van der Waals surface area contributed by atoms with E-state index in [1.807, 2.05) is 12.1 Å². The molecule has 3 aromatic carbocycles. The van der Waals surface area contributed by atoms with Gasteiger partial charge in [-0.1, -0.05) is 36.4 Å². The molecule has 0 saturated heterocycles. The SMILES string of the molecule is COc1ccc(N(c2cccc3ccccc23)C(C)C)cc1. The van der Waals surface area contributed by atoms with E-state index in [0.717, 1.165) is 5.75 Å². The summed E-state index contributed by atoms with van der Waals surface area (Å²) in [6.07, 6.45) is 0. The number of ether oxygens (including phenoxy) is 1. The molecular formula is C20H21NO. The largest absolute Gasteiger partial charge is 0.497 e. The van der Waals surface area contributed by atoms with Crippen LogP contribution in [0.2, 0.25) is 0 Å². The number of hydrogen-bond acceptors (Lipinski definition) is 2. The van der Waals surface area contributed by atoms with Gasteiger partial charge in [-0.3, -0.25) is 0 Å². The van der Waals surface area contributed by atoms with Crippen molar-refractivity contribution in [2.75, 3.05) is 12.0 Å². The Balaban J connectivity index is 2.13. The van der Waals surface area contributed by atoms with Crippen LogP contribution in [0.15, 0.2) is 66.7 Å². The first-order valence-corrected chi connectivity index (χ1v) is 7.62. The Hall–Kier alpha value is -2.48. The molecule has 0 fully saturated rings. The molecule has 0 aromatic heterocycles. The van der Waals surface area contributed by atoms with Gasteiger partial charge in [0.15, 0.2) is 0 Å². The summed E-state index contributed by atoms with van der Waals surface area (Å²) < 4.78 is 5.27. The standard InChI is InChI=1S/C20H21NO/c1-15(2)21(17-11-13-18(22-3)14-12-17)20-10-6-8-16-7-4-5-9-19(16)20/h4-15H,1-3H3. The minimum absolute atomic E-state index is 0.360. The van der Waals surface area contributed by atoms with Crippen LogP contribution in [0.25, 0.3) is 10.8 Å². The molecule has 0 heterocycles. The number of hydrogen-bond donors (Lipinski definition) is 0. The van der Waals surface area contributed by atoms with E-state index in [2.05, 4.69) is 73.3 Å². The Bertz CT molecular complexity index is 757. The van der Waals surface area contributed by atoms with Gasteiger partial charge in [0, 0.05) is 22.8 Å². The highest BCUT2D eigenvalue weighted by Crippen LogP contribution is 2.34. The lowest BCUT2D eigenvalue weighted by Gasteiger charge is -2.30. The highest BCUT2D eigenvalue weighted by molar-refractivity contribution is 5.96. The molecule has 2 heteroatoms. The molecule has 0 spiro atoms. The molecular weight excluding hydrogens is 270 g/mol. The van der Waals surface area contributed by atoms with E-state index in [0.29, 0.717) is 6.04 Å². The fourth-order valence-corrected chi connectivity index (χ4v) is 2.88. The average molecular weight is 291 g/mol. The smallest absolute Gasteiger partial charge is 0.119 e. The van der Waals surface area contributed by atoms with Crippen molar-refractivity contribution < 1.29 is 4.74 Å². The van der Waals surface area contributed by atoms with Crippen LogP contribution < -0.4 is 9.64 Å². The summed E-state index contributed by atoms with van der Waals surface area (Å²) in [5.41, 5.74) is 2.41. The third-order valence-electron chi connectivity index (χ3n) is 3.89. The van der Waals surface area contributed by atoms with Crippen molar-refractivity contribution in [2.24, 2.45) is 0 Å². The summed E-state index contributed by atoms with van der Waals surface area (Å²) in [5.74, 6) is 0.880. The van der Waals surface area contributed by atoms with Gasteiger partial charge >= 0.3 is 0 Å². The van der Waals surface area contributed by atoms with Crippen LogP contribution in [-0.2, 0) is 0 Å². The average Bonchev–Trinajstić information content (AvgIpc) is 2.56. The first-order valence-electron chi connectivity index (χ1n) is 7.62. The van der Waals surface area contributed by atoms with Crippen molar-refractivity contribution in [2.45, 2.75) is 19.9 Å². The van der Waals surface area contributed by atoms with Crippen LogP contribution in [0.3, 0.4) is 0 Å². The molecule has 0 saturated carbocycles. The van der Waals surface area contributed by atoms with Crippen molar-refractivity contribution in [3.63, 3.8) is 0 Å². The number of nitrogens with zero attached hydrogens (tertiary/aromatic N) is 1. The molecule has 3 aromatic rings. The normalized spacial score (nSPS) is 10.9. The van der Waals surface area contributed by atoms with E-state index in [1.54, 1.807) is 7.11 Å². The van der Waals surface area contributed by atoms with Crippen LogP contribution in [0, 0.1) is 0 Å². The van der Waals surface area contributed by atoms with Crippen LogP contribution in [0.1, 0.15) is 13.8 Å². The van der Waals surface area contributed by atoms with Gasteiger partial charge in [-0.05, 0) is 49.6 Å². The zero-order valence-corrected chi connectivity index (χ0v) is 13.3. The fraction of sp³-hybridized carbons (Fsp3) is 0.200. The van der Waals surface area contributed by atoms with Crippen molar-refractivity contribution in [1.82, 2.24) is 0 Å². The first-order chi connectivity index (χ1) is 10.7. The third-order valence-corrected chi connectivity index (χ3v) is 3.89. The fourth-order valence-electron chi connectivity index (χ4n) is 2.88. The Labute approximate surface area is 132 Å². The van der Waals surface area contributed by atoms with Gasteiger partial charge < -0.3 is 9.64 Å². The molecule has 0 amide bonds. The zero-order chi connectivity index (χ0) is 15.5. The lowest BCUT2D eigenvalue weighted by Crippen LogP contribution is -2.25. The summed E-state index contributed by atoms with van der Waals surface area (Å²) in [5, 5.41) is 2.54. The number of rotatable bonds is 4. The van der Waals surface area contributed by atoms with E-state index >= 15 is 0 Å². The van der Waals surface area contributed by atoms with Crippen molar-refractivity contribution >= 4 is 22.1 Å². The Morgan fingerprint density at radius 1 is 0.818 bits per heavy atom. The highest BCUT2D eigenvalue weighted by Gasteiger charge is 2.15. The van der Waals surface area contributed by atoms with E-state index < -0.39 is 0 Å². The van der Waals surface area contributed by atoms with Crippen LogP contribution in [0.4, 0.5) is 11.4 Å². The van der Waals surface area contributed by atoms with Gasteiger partial charge in [0.25, 0.3) is 0 Å². The van der Waals surface area contributed by atoms with Crippen molar-refractivity contribution in [3.8, 4) is 5.75 Å². The molecule has 0 aliphatic heterocycles. The van der Waals surface area contributed by atoms with Crippen molar-refractivity contribution in [1.29, 1.82) is 0 Å². The second kappa shape index (κ2) is 6.10. The maximum Gasteiger partial charge on any atom is 0.119 e. The second-order valence-electron chi connectivity index (χ2n) is 5.66. The van der Waals surface area contributed by atoms with Gasteiger partial charge in [0.1, 0.15) is 5.75 Å². The molecule has 0 atom stereocenters. The summed E-state index contributed by atoms with van der Waals surface area (Å²) in [7, 11) is 1.69. The second-order valence-corrected chi connectivity index (χ2v) is 5.66. The molecule has 112 valence electrons. The Morgan fingerprint density at radius 2 is 1.50 bits per heavy atom. The predicted octanol–water partition coefficient (Wildman–Crippen LogP) is 5.39. The van der Waals surface area contributed by atoms with Gasteiger partial charge in [-0.15, -0.1) is 0 Å². The maximum atomic E-state index is 5.27.